The van der Waals surface area contributed by atoms with Gasteiger partial charge in [-0.05, 0) is 67.7 Å². The number of amides is 2. The molecule has 0 spiro atoms. The van der Waals surface area contributed by atoms with Crippen LogP contribution < -0.4 is 15.7 Å². The minimum Gasteiger partial charge on any atom is -0.444 e. The Morgan fingerprint density at radius 3 is 2.34 bits per heavy atom. The van der Waals surface area contributed by atoms with E-state index >= 15 is 0 Å². The molecule has 2 amide bonds. The summed E-state index contributed by atoms with van der Waals surface area (Å²) in [7, 11) is 1.45. The summed E-state index contributed by atoms with van der Waals surface area (Å²) >= 11 is 0. The number of hydrogen-bond acceptors (Lipinski definition) is 8. The van der Waals surface area contributed by atoms with Crippen LogP contribution in [0, 0.1) is 5.92 Å². The van der Waals surface area contributed by atoms with Crippen LogP contribution in [0.3, 0.4) is 0 Å². The van der Waals surface area contributed by atoms with Crippen LogP contribution in [0.1, 0.15) is 61.8 Å². The molecule has 2 fully saturated rings. The third-order valence-corrected chi connectivity index (χ3v) is 6.76. The van der Waals surface area contributed by atoms with E-state index < -0.39 is 36.1 Å². The van der Waals surface area contributed by atoms with Gasteiger partial charge in [0, 0.05) is 44.5 Å². The number of nitrogens with one attached hydrogen (secondary N) is 1. The second kappa shape index (κ2) is 9.93. The fraction of sp³-hybridized carbons (Fsp3) is 0.750. The first-order valence-corrected chi connectivity index (χ1v) is 12.2. The van der Waals surface area contributed by atoms with E-state index in [-0.39, 0.29) is 11.8 Å². The zero-order chi connectivity index (χ0) is 26.2. The van der Waals surface area contributed by atoms with E-state index in [1.165, 1.54) is 0 Å². The second-order valence-electron chi connectivity index (χ2n) is 11.6. The van der Waals surface area contributed by atoms with Gasteiger partial charge in [0.15, 0.2) is 0 Å². The van der Waals surface area contributed by atoms with Crippen LogP contribution in [-0.4, -0.2) is 83.5 Å². The molecule has 3 heterocycles. The molecule has 1 aromatic rings. The molecule has 194 valence electrons. The first kappa shape index (κ1) is 27.2. The number of anilines is 1. The Morgan fingerprint density at radius 2 is 1.80 bits per heavy atom. The van der Waals surface area contributed by atoms with Crippen molar-refractivity contribution in [3.05, 3.63) is 12.4 Å². The van der Waals surface area contributed by atoms with E-state index in [0.29, 0.717) is 25.6 Å². The van der Waals surface area contributed by atoms with Gasteiger partial charge in [-0.15, -0.1) is 0 Å². The maximum absolute atomic E-state index is 12.8. The highest BCUT2D eigenvalue weighted by Crippen LogP contribution is 2.36. The zero-order valence-corrected chi connectivity index (χ0v) is 22.5. The molecule has 10 nitrogen and oxygen atoms in total. The number of carbonyl (C=O) groups is 2. The molecule has 0 unspecified atom stereocenters. The van der Waals surface area contributed by atoms with Crippen molar-refractivity contribution in [3.63, 3.8) is 0 Å². The number of carbonyl (C=O) groups excluding carboxylic acids is 2. The summed E-state index contributed by atoms with van der Waals surface area (Å²) in [6.45, 7) is 17.1. The van der Waals surface area contributed by atoms with Crippen molar-refractivity contribution in [2.24, 2.45) is 5.92 Å². The topological polar surface area (TPSA) is 106 Å². The number of aromatic nitrogens is 2. The van der Waals surface area contributed by atoms with Gasteiger partial charge >= 0.3 is 13.2 Å². The van der Waals surface area contributed by atoms with Crippen molar-refractivity contribution in [2.75, 3.05) is 31.6 Å². The highest BCUT2D eigenvalue weighted by atomic mass is 16.7. The van der Waals surface area contributed by atoms with Gasteiger partial charge in [-0.2, -0.15) is 0 Å². The maximum Gasteiger partial charge on any atom is 0.498 e. The van der Waals surface area contributed by atoms with E-state index in [9.17, 15) is 9.59 Å². The zero-order valence-electron chi connectivity index (χ0n) is 22.5. The van der Waals surface area contributed by atoms with Crippen LogP contribution in [0.15, 0.2) is 12.4 Å². The summed E-state index contributed by atoms with van der Waals surface area (Å²) < 4.78 is 17.4. The molecule has 3 rings (SSSR count). The molecule has 11 heteroatoms. The minimum atomic E-state index is -0.646. The summed E-state index contributed by atoms with van der Waals surface area (Å²) in [6.07, 6.45) is 3.78. The normalized spacial score (nSPS) is 22.1. The molecule has 2 aliphatic rings. The molecule has 1 N–H and O–H groups in total. The van der Waals surface area contributed by atoms with Gasteiger partial charge in [-0.3, -0.25) is 4.79 Å². The van der Waals surface area contributed by atoms with Gasteiger partial charge in [0.05, 0.1) is 11.2 Å². The largest absolute Gasteiger partial charge is 0.498 e. The highest BCUT2D eigenvalue weighted by molar-refractivity contribution is 6.61. The Bertz CT molecular complexity index is 902. The average Bonchev–Trinajstić information content (AvgIpc) is 3.27. The van der Waals surface area contributed by atoms with Crippen LogP contribution in [0.5, 0.6) is 0 Å². The molecule has 0 radical (unpaired) electrons. The summed E-state index contributed by atoms with van der Waals surface area (Å²) in [5, 5.41) is 2.63. The number of rotatable bonds is 6. The molecule has 0 aromatic carbocycles. The fourth-order valence-corrected chi connectivity index (χ4v) is 4.10. The van der Waals surface area contributed by atoms with Gasteiger partial charge in [0.1, 0.15) is 11.6 Å². The molecule has 2 atom stereocenters. The van der Waals surface area contributed by atoms with Crippen LogP contribution in [-0.2, 0) is 18.8 Å². The first-order valence-electron chi connectivity index (χ1n) is 12.2. The van der Waals surface area contributed by atoms with Gasteiger partial charge < -0.3 is 29.2 Å². The van der Waals surface area contributed by atoms with E-state index in [4.69, 9.17) is 14.0 Å². The summed E-state index contributed by atoms with van der Waals surface area (Å²) in [5.41, 5.74) is -0.664. The Morgan fingerprint density at radius 1 is 1.23 bits per heavy atom. The molecule has 2 saturated heterocycles. The molecule has 0 bridgehead atoms. The number of likely N-dealkylation sites (tertiary alicyclic amines) is 1. The smallest absolute Gasteiger partial charge is 0.444 e. The van der Waals surface area contributed by atoms with Crippen LogP contribution in [0.2, 0.25) is 0 Å². The van der Waals surface area contributed by atoms with Crippen LogP contribution >= 0.6 is 0 Å². The number of nitrogens with zero attached hydrogens (tertiary/aromatic N) is 4. The van der Waals surface area contributed by atoms with Crippen molar-refractivity contribution in [1.82, 2.24) is 20.2 Å². The molecule has 2 aliphatic heterocycles. The number of ether oxygens (including phenoxy) is 1. The molecule has 0 saturated carbocycles. The number of hydrogen-bond donors (Lipinski definition) is 1. The van der Waals surface area contributed by atoms with Crippen molar-refractivity contribution < 1.29 is 23.6 Å². The Kier molecular flexibility index (Phi) is 7.71. The average molecular weight is 489 g/mol. The molecule has 1 aromatic heterocycles. The monoisotopic (exact) mass is 489 g/mol. The quantitative estimate of drug-likeness (QED) is 0.605. The summed E-state index contributed by atoms with van der Waals surface area (Å²) in [5.74, 6) is 0.781. The van der Waals surface area contributed by atoms with Gasteiger partial charge in [0.25, 0.3) is 0 Å². The lowest BCUT2D eigenvalue weighted by atomic mass is 9.81. The number of alkyl carbamates (subject to hydrolysis) is 1. The predicted octanol–water partition coefficient (Wildman–Crippen LogP) is 1.97. The third kappa shape index (κ3) is 6.64. The van der Waals surface area contributed by atoms with Gasteiger partial charge in [0.2, 0.25) is 11.9 Å². The van der Waals surface area contributed by atoms with Crippen molar-refractivity contribution in [3.8, 4) is 0 Å². The lowest BCUT2D eigenvalue weighted by molar-refractivity contribution is -0.132. The Labute approximate surface area is 209 Å². The van der Waals surface area contributed by atoms with Crippen LogP contribution in [0.25, 0.3) is 0 Å². The lowest BCUT2D eigenvalue weighted by Gasteiger charge is -2.32. The summed E-state index contributed by atoms with van der Waals surface area (Å²) in [6, 6.07) is -0.646. The highest BCUT2D eigenvalue weighted by Gasteiger charge is 2.52. The van der Waals surface area contributed by atoms with Gasteiger partial charge in [-0.25, -0.2) is 14.8 Å². The van der Waals surface area contributed by atoms with Gasteiger partial charge in [-0.1, -0.05) is 0 Å². The Balaban J connectivity index is 1.50. The molecule has 0 aliphatic carbocycles. The molecular formula is C24H40BN5O5. The van der Waals surface area contributed by atoms with Crippen LogP contribution in [0.4, 0.5) is 10.7 Å². The first-order chi connectivity index (χ1) is 16.1. The summed E-state index contributed by atoms with van der Waals surface area (Å²) in [4.78, 5) is 37.6. The van der Waals surface area contributed by atoms with Crippen molar-refractivity contribution >= 4 is 30.5 Å². The van der Waals surface area contributed by atoms with Crippen molar-refractivity contribution in [2.45, 2.75) is 84.7 Å². The maximum atomic E-state index is 12.8. The van der Waals surface area contributed by atoms with E-state index in [0.717, 1.165) is 11.9 Å². The fourth-order valence-electron chi connectivity index (χ4n) is 4.10. The Hall–Kier alpha value is -2.40. The third-order valence-electron chi connectivity index (χ3n) is 6.76. The standard InChI is InChI=1S/C24H40BN5O5/c1-16(28-21(32)33-22(2,3)4)19(31)30-11-10-17(15-30)14-29(9)20-26-12-18(13-27-20)25-34-23(5,6)24(7,8)35-25/h12-13,16-17H,10-11,14-15H2,1-9H3,(H,28,32)/t16-,17+/m0/s1. The van der Waals surface area contributed by atoms with E-state index in [2.05, 4.69) is 15.3 Å². The lowest BCUT2D eigenvalue weighted by Crippen LogP contribution is -2.47. The van der Waals surface area contributed by atoms with Crippen molar-refractivity contribution in [1.29, 1.82) is 0 Å². The molecule has 35 heavy (non-hydrogen) atoms. The molecular weight excluding hydrogens is 449 g/mol. The predicted molar refractivity (Wildman–Crippen MR) is 135 cm³/mol. The minimum absolute atomic E-state index is 0.107. The second-order valence-corrected chi connectivity index (χ2v) is 11.6. The van der Waals surface area contributed by atoms with E-state index in [1.54, 1.807) is 45.0 Å². The van der Waals surface area contributed by atoms with E-state index in [1.807, 2.05) is 39.6 Å². The SMILES string of the molecule is C[C@H](NC(=O)OC(C)(C)C)C(=O)N1CC[C@H](CN(C)c2ncc(B3OC(C)(C)C(C)(C)O3)cn2)C1.